The molecule has 2 aliphatic heterocycles. The second kappa shape index (κ2) is 9.38. The summed E-state index contributed by atoms with van der Waals surface area (Å²) in [5, 5.41) is 8.90. The van der Waals surface area contributed by atoms with Crippen molar-refractivity contribution < 1.29 is 14.7 Å². The second-order valence-electron chi connectivity index (χ2n) is 9.12. The number of carboxylic acids is 1. The maximum atomic E-state index is 13.2. The highest BCUT2D eigenvalue weighted by Gasteiger charge is 2.36. The summed E-state index contributed by atoms with van der Waals surface area (Å²) >= 11 is 0. The summed E-state index contributed by atoms with van der Waals surface area (Å²) in [7, 11) is 0. The first-order valence-corrected chi connectivity index (χ1v) is 11.7. The molecular weight excluding hydrogens is 378 g/mol. The average molecular weight is 414 g/mol. The molecule has 0 spiro atoms. The molecule has 0 unspecified atom stereocenters. The number of carbonyl (C=O) groups is 2. The van der Waals surface area contributed by atoms with Gasteiger partial charge in [0.25, 0.3) is 0 Å². The van der Waals surface area contributed by atoms with Crippen molar-refractivity contribution in [2.24, 2.45) is 5.92 Å². The minimum atomic E-state index is -0.703. The van der Waals surface area contributed by atoms with Crippen molar-refractivity contribution in [3.05, 3.63) is 29.3 Å². The smallest absolute Gasteiger partial charge is 0.324 e. The van der Waals surface area contributed by atoms with Crippen LogP contribution in [0.15, 0.2) is 18.2 Å². The molecule has 164 valence electrons. The zero-order valence-electron chi connectivity index (χ0n) is 18.2. The third-order valence-electron chi connectivity index (χ3n) is 7.41. The van der Waals surface area contributed by atoms with Crippen LogP contribution in [0.5, 0.6) is 0 Å². The molecule has 0 aromatic heterocycles. The zero-order chi connectivity index (χ0) is 21.1. The summed E-state index contributed by atoms with van der Waals surface area (Å²) in [5.74, 6) is -0.205. The lowest BCUT2D eigenvalue weighted by molar-refractivity contribution is -0.137. The maximum Gasteiger partial charge on any atom is 0.324 e. The van der Waals surface area contributed by atoms with Gasteiger partial charge in [0, 0.05) is 44.3 Å². The number of aliphatic carboxylic acids is 1. The molecule has 3 aliphatic rings. The van der Waals surface area contributed by atoms with Crippen molar-refractivity contribution in [1.29, 1.82) is 0 Å². The maximum absolute atomic E-state index is 13.2. The topological polar surface area (TPSA) is 64.1 Å². The molecule has 1 aliphatic carbocycles. The predicted octanol–water partition coefficient (Wildman–Crippen LogP) is 3.77. The Balaban J connectivity index is 1.36. The van der Waals surface area contributed by atoms with Crippen molar-refractivity contribution in [1.82, 2.24) is 9.80 Å². The van der Waals surface area contributed by atoms with E-state index in [0.717, 1.165) is 83.4 Å². The summed E-state index contributed by atoms with van der Waals surface area (Å²) in [6.45, 7) is 7.09. The van der Waals surface area contributed by atoms with Crippen molar-refractivity contribution in [3.63, 3.8) is 0 Å². The Morgan fingerprint density at radius 3 is 2.47 bits per heavy atom. The standard InChI is InChI=1S/C24H35N3O3/c1-2-25-13-11-19-6-9-22(17-20(19)12-14-25)27-16-15-26(24(27)30)21-7-3-18(4-8-21)5-10-23(28)29/h6,9,17-18,21H,2-5,7-8,10-16H2,1H3,(H,28,29). The Morgan fingerprint density at radius 1 is 1.03 bits per heavy atom. The van der Waals surface area contributed by atoms with Gasteiger partial charge in [-0.2, -0.15) is 0 Å². The monoisotopic (exact) mass is 413 g/mol. The molecule has 4 rings (SSSR count). The van der Waals surface area contributed by atoms with Crippen LogP contribution in [0.4, 0.5) is 10.5 Å². The highest BCUT2D eigenvalue weighted by atomic mass is 16.4. The third kappa shape index (κ3) is 4.64. The molecular formula is C24H35N3O3. The second-order valence-corrected chi connectivity index (χ2v) is 9.12. The lowest BCUT2D eigenvalue weighted by atomic mass is 9.83. The number of anilines is 1. The molecule has 0 bridgehead atoms. The van der Waals surface area contributed by atoms with E-state index >= 15 is 0 Å². The number of carbonyl (C=O) groups excluding carboxylic acids is 1. The van der Waals surface area contributed by atoms with E-state index < -0.39 is 5.97 Å². The Kier molecular flexibility index (Phi) is 6.61. The highest BCUT2D eigenvalue weighted by Crippen LogP contribution is 2.33. The van der Waals surface area contributed by atoms with Gasteiger partial charge in [0.15, 0.2) is 0 Å². The summed E-state index contributed by atoms with van der Waals surface area (Å²) in [5.41, 5.74) is 3.87. The number of urea groups is 1. The molecule has 2 amide bonds. The molecule has 2 fully saturated rings. The average Bonchev–Trinajstić information content (AvgIpc) is 3.01. The van der Waals surface area contributed by atoms with Gasteiger partial charge in [-0.05, 0) is 80.7 Å². The third-order valence-corrected chi connectivity index (χ3v) is 7.41. The van der Waals surface area contributed by atoms with Gasteiger partial charge in [-0.25, -0.2) is 4.79 Å². The number of amides is 2. The SMILES string of the molecule is CCN1CCc2ccc(N3CCN(C4CCC(CCC(=O)O)CC4)C3=O)cc2CC1. The molecule has 0 atom stereocenters. The van der Waals surface area contributed by atoms with Crippen LogP contribution in [0, 0.1) is 5.92 Å². The van der Waals surface area contributed by atoms with E-state index in [4.69, 9.17) is 5.11 Å². The van der Waals surface area contributed by atoms with E-state index in [2.05, 4.69) is 34.9 Å². The Bertz CT molecular complexity index is 773. The Hall–Kier alpha value is -2.08. The molecule has 1 N–H and O–H groups in total. The minimum absolute atomic E-state index is 0.146. The first-order chi connectivity index (χ1) is 14.5. The van der Waals surface area contributed by atoms with Gasteiger partial charge in [-0.1, -0.05) is 13.0 Å². The van der Waals surface area contributed by atoms with Crippen LogP contribution >= 0.6 is 0 Å². The van der Waals surface area contributed by atoms with Crippen molar-refractivity contribution in [2.75, 3.05) is 37.6 Å². The molecule has 1 aromatic carbocycles. The van der Waals surface area contributed by atoms with Crippen LogP contribution in [0.25, 0.3) is 0 Å². The molecule has 2 heterocycles. The van der Waals surface area contributed by atoms with Gasteiger partial charge in [0.2, 0.25) is 0 Å². The number of hydrogen-bond acceptors (Lipinski definition) is 3. The number of rotatable bonds is 6. The molecule has 1 saturated carbocycles. The number of benzene rings is 1. The largest absolute Gasteiger partial charge is 0.481 e. The van der Waals surface area contributed by atoms with Crippen LogP contribution < -0.4 is 4.90 Å². The van der Waals surface area contributed by atoms with Gasteiger partial charge in [0.1, 0.15) is 0 Å². The normalized spacial score (nSPS) is 25.3. The Labute approximate surface area is 179 Å². The van der Waals surface area contributed by atoms with E-state index in [-0.39, 0.29) is 12.5 Å². The number of carboxylic acid groups (broad SMARTS) is 1. The van der Waals surface area contributed by atoms with Crippen LogP contribution in [-0.2, 0) is 17.6 Å². The van der Waals surface area contributed by atoms with E-state index in [1.165, 1.54) is 11.1 Å². The van der Waals surface area contributed by atoms with Crippen LogP contribution in [0.2, 0.25) is 0 Å². The van der Waals surface area contributed by atoms with Gasteiger partial charge in [-0.3, -0.25) is 9.69 Å². The molecule has 1 saturated heterocycles. The minimum Gasteiger partial charge on any atom is -0.481 e. The fourth-order valence-corrected chi connectivity index (χ4v) is 5.45. The lowest BCUT2D eigenvalue weighted by Gasteiger charge is -2.34. The number of hydrogen-bond donors (Lipinski definition) is 1. The van der Waals surface area contributed by atoms with Crippen molar-refractivity contribution in [3.8, 4) is 0 Å². The van der Waals surface area contributed by atoms with Gasteiger partial charge in [0.05, 0.1) is 0 Å². The molecule has 6 heteroatoms. The predicted molar refractivity (Wildman–Crippen MR) is 118 cm³/mol. The van der Waals surface area contributed by atoms with Crippen LogP contribution in [0.3, 0.4) is 0 Å². The summed E-state index contributed by atoms with van der Waals surface area (Å²) in [4.78, 5) is 30.5. The summed E-state index contributed by atoms with van der Waals surface area (Å²) in [6.07, 6.45) is 7.26. The number of nitrogens with zero attached hydrogens (tertiary/aromatic N) is 3. The van der Waals surface area contributed by atoms with Crippen molar-refractivity contribution >= 4 is 17.7 Å². The van der Waals surface area contributed by atoms with E-state index in [1.54, 1.807) is 0 Å². The number of likely N-dealkylation sites (N-methyl/N-ethyl adjacent to an activating group) is 1. The van der Waals surface area contributed by atoms with Gasteiger partial charge < -0.3 is 14.9 Å². The van der Waals surface area contributed by atoms with Gasteiger partial charge in [-0.15, -0.1) is 0 Å². The first kappa shape index (κ1) is 21.2. The molecule has 0 radical (unpaired) electrons. The fraction of sp³-hybridized carbons (Fsp3) is 0.667. The summed E-state index contributed by atoms with van der Waals surface area (Å²) < 4.78 is 0. The van der Waals surface area contributed by atoms with Crippen LogP contribution in [0.1, 0.15) is 56.6 Å². The fourth-order valence-electron chi connectivity index (χ4n) is 5.45. The van der Waals surface area contributed by atoms with Crippen LogP contribution in [-0.4, -0.2) is 65.7 Å². The molecule has 30 heavy (non-hydrogen) atoms. The Morgan fingerprint density at radius 2 is 1.77 bits per heavy atom. The molecule has 6 nitrogen and oxygen atoms in total. The highest BCUT2D eigenvalue weighted by molar-refractivity contribution is 5.94. The van der Waals surface area contributed by atoms with E-state index in [1.807, 2.05) is 4.90 Å². The van der Waals surface area contributed by atoms with E-state index in [0.29, 0.717) is 12.0 Å². The summed E-state index contributed by atoms with van der Waals surface area (Å²) in [6, 6.07) is 7.06. The van der Waals surface area contributed by atoms with Crippen molar-refractivity contribution in [2.45, 2.75) is 64.3 Å². The molecule has 1 aromatic rings. The van der Waals surface area contributed by atoms with E-state index in [9.17, 15) is 9.59 Å². The lowest BCUT2D eigenvalue weighted by Crippen LogP contribution is -2.41. The van der Waals surface area contributed by atoms with Gasteiger partial charge >= 0.3 is 12.0 Å². The first-order valence-electron chi connectivity index (χ1n) is 11.7. The zero-order valence-corrected chi connectivity index (χ0v) is 18.2. The number of fused-ring (bicyclic) bond motifs is 1. The quantitative estimate of drug-likeness (QED) is 0.771.